The highest BCUT2D eigenvalue weighted by Crippen LogP contribution is 2.28. The van der Waals surface area contributed by atoms with Crippen molar-refractivity contribution in [3.8, 4) is 0 Å². The quantitative estimate of drug-likeness (QED) is 0.493. The Kier molecular flexibility index (Phi) is 4.68. The van der Waals surface area contributed by atoms with Crippen LogP contribution in [0.1, 0.15) is 36.8 Å². The van der Waals surface area contributed by atoms with Crippen molar-refractivity contribution in [2.24, 2.45) is 23.1 Å². The highest BCUT2D eigenvalue weighted by atomic mass is 14.8. The SMILES string of the molecule is C=C(N)C(C(=N)c1ccc(CC2CCCC2)cc1)=C(N)N. The molecule has 0 aliphatic heterocycles. The Bertz CT molecular complexity index is 559. The summed E-state index contributed by atoms with van der Waals surface area (Å²) in [4.78, 5) is 0. The third-order valence-corrected chi connectivity index (χ3v) is 4.10. The van der Waals surface area contributed by atoms with Gasteiger partial charge in [0.05, 0.1) is 11.3 Å². The van der Waals surface area contributed by atoms with Crippen LogP contribution in [0.4, 0.5) is 0 Å². The van der Waals surface area contributed by atoms with Crippen LogP contribution in [0.5, 0.6) is 0 Å². The Morgan fingerprint density at radius 1 is 1.10 bits per heavy atom. The monoisotopic (exact) mass is 284 g/mol. The molecule has 0 radical (unpaired) electrons. The number of nitrogens with one attached hydrogen (secondary N) is 1. The van der Waals surface area contributed by atoms with E-state index in [-0.39, 0.29) is 17.2 Å². The Balaban J connectivity index is 2.12. The van der Waals surface area contributed by atoms with E-state index in [1.807, 2.05) is 12.1 Å². The van der Waals surface area contributed by atoms with Gasteiger partial charge in [-0.3, -0.25) is 5.41 Å². The van der Waals surface area contributed by atoms with Crippen LogP contribution >= 0.6 is 0 Å². The highest BCUT2D eigenvalue weighted by Gasteiger charge is 2.16. The van der Waals surface area contributed by atoms with Crippen molar-refractivity contribution >= 4 is 5.71 Å². The molecule has 1 aliphatic rings. The molecule has 1 saturated carbocycles. The molecule has 1 aromatic carbocycles. The van der Waals surface area contributed by atoms with E-state index in [0.29, 0.717) is 5.57 Å². The van der Waals surface area contributed by atoms with Gasteiger partial charge in [-0.05, 0) is 17.9 Å². The molecule has 4 heteroatoms. The molecule has 1 aliphatic carbocycles. The zero-order valence-corrected chi connectivity index (χ0v) is 12.4. The lowest BCUT2D eigenvalue weighted by Gasteiger charge is -2.12. The maximum Gasteiger partial charge on any atom is 0.105 e. The van der Waals surface area contributed by atoms with E-state index in [0.717, 1.165) is 17.9 Å². The minimum absolute atomic E-state index is 0.0301. The summed E-state index contributed by atoms with van der Waals surface area (Å²) in [7, 11) is 0. The smallest absolute Gasteiger partial charge is 0.105 e. The summed E-state index contributed by atoms with van der Waals surface area (Å²) in [5, 5.41) is 8.18. The summed E-state index contributed by atoms with van der Waals surface area (Å²) in [6.07, 6.45) is 6.51. The number of hydrogen-bond donors (Lipinski definition) is 4. The fourth-order valence-corrected chi connectivity index (χ4v) is 2.99. The fraction of sp³-hybridized carbons (Fsp3) is 0.353. The molecule has 0 spiro atoms. The maximum atomic E-state index is 8.18. The molecular weight excluding hydrogens is 260 g/mol. The third-order valence-electron chi connectivity index (χ3n) is 4.10. The van der Waals surface area contributed by atoms with Gasteiger partial charge in [0.1, 0.15) is 5.82 Å². The van der Waals surface area contributed by atoms with E-state index in [2.05, 4.69) is 18.7 Å². The van der Waals surface area contributed by atoms with Crippen molar-refractivity contribution in [2.75, 3.05) is 0 Å². The lowest BCUT2D eigenvalue weighted by atomic mass is 9.95. The molecule has 4 nitrogen and oxygen atoms in total. The van der Waals surface area contributed by atoms with Gasteiger partial charge in [0.15, 0.2) is 0 Å². The van der Waals surface area contributed by atoms with Crippen LogP contribution < -0.4 is 17.2 Å². The van der Waals surface area contributed by atoms with Crippen LogP contribution in [-0.2, 0) is 6.42 Å². The standard InChI is InChI=1S/C17H24N4/c1-11(18)15(17(20)21)16(19)14-8-6-13(7-9-14)10-12-4-2-3-5-12/h6-9,12,19H,1-5,10,18,20-21H2. The van der Waals surface area contributed by atoms with Crippen molar-refractivity contribution in [3.05, 3.63) is 59.1 Å². The van der Waals surface area contributed by atoms with E-state index in [1.54, 1.807) is 0 Å². The minimum Gasteiger partial charge on any atom is -0.399 e. The molecule has 1 aromatic rings. The van der Waals surface area contributed by atoms with Gasteiger partial charge < -0.3 is 17.2 Å². The zero-order valence-electron chi connectivity index (χ0n) is 12.4. The first-order valence-corrected chi connectivity index (χ1v) is 7.37. The van der Waals surface area contributed by atoms with E-state index in [9.17, 15) is 0 Å². The van der Waals surface area contributed by atoms with Gasteiger partial charge in [-0.15, -0.1) is 0 Å². The lowest BCUT2D eigenvalue weighted by Crippen LogP contribution is -2.21. The summed E-state index contributed by atoms with van der Waals surface area (Å²) in [5.74, 6) is 0.844. The van der Waals surface area contributed by atoms with Gasteiger partial charge >= 0.3 is 0 Å². The van der Waals surface area contributed by atoms with Gasteiger partial charge in [-0.25, -0.2) is 0 Å². The molecule has 1 fully saturated rings. The minimum atomic E-state index is 0.0301. The number of hydrogen-bond acceptors (Lipinski definition) is 4. The molecule has 0 amide bonds. The van der Waals surface area contributed by atoms with Crippen molar-refractivity contribution < 1.29 is 0 Å². The maximum absolute atomic E-state index is 8.18. The van der Waals surface area contributed by atoms with Crippen LogP contribution in [0.15, 0.2) is 47.9 Å². The van der Waals surface area contributed by atoms with Crippen molar-refractivity contribution in [1.29, 1.82) is 5.41 Å². The topological polar surface area (TPSA) is 102 Å². The van der Waals surface area contributed by atoms with Crippen molar-refractivity contribution in [1.82, 2.24) is 0 Å². The van der Waals surface area contributed by atoms with Crippen LogP contribution in [0.25, 0.3) is 0 Å². The van der Waals surface area contributed by atoms with Gasteiger partial charge in [0.25, 0.3) is 0 Å². The zero-order chi connectivity index (χ0) is 15.4. The van der Waals surface area contributed by atoms with Gasteiger partial charge in [0, 0.05) is 11.3 Å². The van der Waals surface area contributed by atoms with Gasteiger partial charge in [-0.2, -0.15) is 0 Å². The fourth-order valence-electron chi connectivity index (χ4n) is 2.99. The molecule has 0 atom stereocenters. The summed E-state index contributed by atoms with van der Waals surface area (Å²) in [6.45, 7) is 3.63. The normalized spacial score (nSPS) is 14.9. The summed E-state index contributed by atoms with van der Waals surface area (Å²) in [6, 6.07) is 8.01. The van der Waals surface area contributed by atoms with Crippen LogP contribution in [0.3, 0.4) is 0 Å². The molecule has 0 heterocycles. The molecule has 112 valence electrons. The van der Waals surface area contributed by atoms with Crippen LogP contribution in [-0.4, -0.2) is 5.71 Å². The number of allylic oxidation sites excluding steroid dienone is 1. The largest absolute Gasteiger partial charge is 0.399 e. The number of rotatable bonds is 5. The second kappa shape index (κ2) is 6.48. The summed E-state index contributed by atoms with van der Waals surface area (Å²) in [5.41, 5.74) is 19.7. The molecule has 0 aromatic heterocycles. The molecule has 0 bridgehead atoms. The van der Waals surface area contributed by atoms with Crippen molar-refractivity contribution in [2.45, 2.75) is 32.1 Å². The molecule has 0 unspecified atom stereocenters. The Morgan fingerprint density at radius 3 is 2.14 bits per heavy atom. The molecule has 7 N–H and O–H groups in total. The Hall–Kier alpha value is -2.23. The van der Waals surface area contributed by atoms with E-state index < -0.39 is 0 Å². The van der Waals surface area contributed by atoms with Gasteiger partial charge in [0.2, 0.25) is 0 Å². The predicted octanol–water partition coefficient (Wildman–Crippen LogP) is 2.39. The average molecular weight is 284 g/mol. The predicted molar refractivity (Wildman–Crippen MR) is 87.7 cm³/mol. The molecule has 21 heavy (non-hydrogen) atoms. The van der Waals surface area contributed by atoms with Crippen LogP contribution in [0.2, 0.25) is 0 Å². The van der Waals surface area contributed by atoms with Crippen molar-refractivity contribution in [3.63, 3.8) is 0 Å². The summed E-state index contributed by atoms with van der Waals surface area (Å²) < 4.78 is 0. The van der Waals surface area contributed by atoms with E-state index in [1.165, 1.54) is 31.2 Å². The first-order valence-electron chi connectivity index (χ1n) is 7.37. The Labute approximate surface area is 126 Å². The number of benzene rings is 1. The molecular formula is C17H24N4. The van der Waals surface area contributed by atoms with E-state index >= 15 is 0 Å². The summed E-state index contributed by atoms with van der Waals surface area (Å²) >= 11 is 0. The first-order chi connectivity index (χ1) is 9.99. The molecule has 2 rings (SSSR count). The average Bonchev–Trinajstić information content (AvgIpc) is 2.91. The second-order valence-corrected chi connectivity index (χ2v) is 5.78. The molecule has 0 saturated heterocycles. The van der Waals surface area contributed by atoms with E-state index in [4.69, 9.17) is 22.6 Å². The Morgan fingerprint density at radius 2 is 1.67 bits per heavy atom. The first kappa shape index (κ1) is 15.2. The second-order valence-electron chi connectivity index (χ2n) is 5.78. The van der Waals surface area contributed by atoms with Gasteiger partial charge in [-0.1, -0.05) is 56.5 Å². The lowest BCUT2D eigenvalue weighted by molar-refractivity contribution is 0.546. The van der Waals surface area contributed by atoms with Crippen LogP contribution in [0, 0.1) is 11.3 Å². The highest BCUT2D eigenvalue weighted by molar-refractivity contribution is 6.13. The third kappa shape index (κ3) is 3.66. The number of nitrogens with two attached hydrogens (primary N) is 3.